The van der Waals surface area contributed by atoms with E-state index in [0.29, 0.717) is 17.4 Å². The Balaban J connectivity index is 2.72. The van der Waals surface area contributed by atoms with Crippen LogP contribution in [-0.2, 0) is 37.1 Å². The monoisotopic (exact) mass is 682 g/mol. The standard InChI is InChI=1S/C24H9BF18S/c26-19(27,28)10-6-13(21(32,33)34)17(14(7-10)22(35,36)37)25(4-3-12-2-1-5-44-12)18-15(23(38,39)40)8-11(20(29,30)31)9-16(18)24(41,42)43/h1-9H/b4-3+. The van der Waals surface area contributed by atoms with E-state index < -0.39 is 112 Å². The van der Waals surface area contributed by atoms with Crippen LogP contribution in [0.4, 0.5) is 79.0 Å². The quantitative estimate of drug-likeness (QED) is 0.190. The van der Waals surface area contributed by atoms with Crippen LogP contribution >= 0.6 is 11.3 Å². The molecule has 0 radical (unpaired) electrons. The zero-order valence-corrected chi connectivity index (χ0v) is 21.3. The second-order valence-corrected chi connectivity index (χ2v) is 9.79. The molecule has 0 aliphatic heterocycles. The van der Waals surface area contributed by atoms with Crippen molar-refractivity contribution < 1.29 is 79.0 Å². The van der Waals surface area contributed by atoms with Gasteiger partial charge < -0.3 is 0 Å². The number of halogens is 18. The molecule has 44 heavy (non-hydrogen) atoms. The minimum atomic E-state index is -6.27. The van der Waals surface area contributed by atoms with Crippen LogP contribution in [0.2, 0.25) is 0 Å². The van der Waals surface area contributed by atoms with Gasteiger partial charge in [0.25, 0.3) is 0 Å². The van der Waals surface area contributed by atoms with E-state index >= 15 is 0 Å². The van der Waals surface area contributed by atoms with E-state index in [1.54, 1.807) is 0 Å². The highest BCUT2D eigenvalue weighted by molar-refractivity contribution is 7.11. The first kappa shape index (κ1) is 35.2. The minimum absolute atomic E-state index is 0.0218. The second kappa shape index (κ2) is 11.2. The molecule has 20 heteroatoms. The van der Waals surface area contributed by atoms with Gasteiger partial charge in [0.05, 0.1) is 33.4 Å². The number of thiophene rings is 1. The third kappa shape index (κ3) is 7.66. The maximum atomic E-state index is 14.1. The molecule has 0 atom stereocenters. The second-order valence-electron chi connectivity index (χ2n) is 8.81. The Morgan fingerprint density at radius 1 is 0.477 bits per heavy atom. The topological polar surface area (TPSA) is 0 Å². The van der Waals surface area contributed by atoms with Gasteiger partial charge >= 0.3 is 37.1 Å². The molecule has 0 bridgehead atoms. The van der Waals surface area contributed by atoms with E-state index in [2.05, 4.69) is 0 Å². The van der Waals surface area contributed by atoms with Crippen molar-refractivity contribution in [3.63, 3.8) is 0 Å². The molecule has 0 aliphatic carbocycles. The van der Waals surface area contributed by atoms with Crippen molar-refractivity contribution >= 4 is 35.1 Å². The molecule has 0 amide bonds. The average molecular weight is 682 g/mol. The van der Waals surface area contributed by atoms with Crippen LogP contribution in [0.5, 0.6) is 0 Å². The van der Waals surface area contributed by atoms with Gasteiger partial charge in [-0.05, 0) is 46.6 Å². The van der Waals surface area contributed by atoms with Crippen molar-refractivity contribution in [2.45, 2.75) is 37.1 Å². The van der Waals surface area contributed by atoms with E-state index in [1.165, 1.54) is 11.4 Å². The number of benzene rings is 2. The minimum Gasteiger partial charge on any atom is -0.166 e. The maximum absolute atomic E-state index is 14.1. The Hall–Kier alpha value is -3.32. The summed E-state index contributed by atoms with van der Waals surface area (Å²) in [5.41, 5.74) is -22.0. The molecule has 0 aliphatic rings. The normalized spacial score (nSPS) is 14.0. The molecule has 1 aromatic heterocycles. The fraction of sp³-hybridized carbons (Fsp3) is 0.250. The fourth-order valence-electron chi connectivity index (χ4n) is 4.16. The highest BCUT2D eigenvalue weighted by Gasteiger charge is 2.51. The van der Waals surface area contributed by atoms with Crippen LogP contribution in [0.3, 0.4) is 0 Å². The lowest BCUT2D eigenvalue weighted by molar-refractivity contribution is -0.149. The summed E-state index contributed by atoms with van der Waals surface area (Å²) in [6, 6.07) is -1.52. The van der Waals surface area contributed by atoms with Gasteiger partial charge in [0.15, 0.2) is 0 Å². The molecule has 0 saturated carbocycles. The molecule has 0 unspecified atom stereocenters. The van der Waals surface area contributed by atoms with Crippen LogP contribution < -0.4 is 10.9 Å². The lowest BCUT2D eigenvalue weighted by atomic mass is 9.37. The SMILES string of the molecule is FC(F)(F)c1cc(C(F)(F)F)c(B(/C=C/c2cccs2)c2c(C(F)(F)F)cc(C(F)(F)F)cc2C(F)(F)F)c(C(F)(F)F)c1. The largest absolute Gasteiger partial charge is 0.416 e. The lowest BCUT2D eigenvalue weighted by Gasteiger charge is -2.28. The molecular weight excluding hydrogens is 673 g/mol. The third-order valence-corrected chi connectivity index (χ3v) is 6.69. The van der Waals surface area contributed by atoms with Gasteiger partial charge in [0, 0.05) is 4.88 Å². The van der Waals surface area contributed by atoms with Crippen molar-refractivity contribution in [2.24, 2.45) is 0 Å². The number of rotatable bonds is 4. The fourth-order valence-corrected chi connectivity index (χ4v) is 4.78. The van der Waals surface area contributed by atoms with Crippen LogP contribution in [0.25, 0.3) is 6.08 Å². The van der Waals surface area contributed by atoms with Crippen LogP contribution in [-0.4, -0.2) is 6.71 Å². The van der Waals surface area contributed by atoms with E-state index in [-0.39, 0.29) is 10.9 Å². The predicted octanol–water partition coefficient (Wildman–Crippen LogP) is 9.72. The molecule has 0 spiro atoms. The summed E-state index contributed by atoms with van der Waals surface area (Å²) in [4.78, 5) is -0.182. The lowest BCUT2D eigenvalue weighted by Crippen LogP contribution is -2.52. The van der Waals surface area contributed by atoms with Crippen molar-refractivity contribution in [1.82, 2.24) is 0 Å². The maximum Gasteiger partial charge on any atom is 0.416 e. The zero-order valence-electron chi connectivity index (χ0n) is 20.5. The number of hydrogen-bond donors (Lipinski definition) is 0. The van der Waals surface area contributed by atoms with Crippen molar-refractivity contribution in [3.8, 4) is 0 Å². The van der Waals surface area contributed by atoms with E-state index in [0.717, 1.165) is 6.07 Å². The Kier molecular flexibility index (Phi) is 8.98. The Morgan fingerprint density at radius 2 is 0.795 bits per heavy atom. The zero-order chi connectivity index (χ0) is 33.8. The first-order valence-electron chi connectivity index (χ1n) is 11.1. The Morgan fingerprint density at radius 3 is 1.02 bits per heavy atom. The smallest absolute Gasteiger partial charge is 0.166 e. The summed E-state index contributed by atoms with van der Waals surface area (Å²) in [6.07, 6.45) is -36.5. The summed E-state index contributed by atoms with van der Waals surface area (Å²) in [5, 5.41) is 1.22. The van der Waals surface area contributed by atoms with Crippen LogP contribution in [0.1, 0.15) is 38.3 Å². The molecule has 240 valence electrons. The predicted molar refractivity (Wildman–Crippen MR) is 121 cm³/mol. The van der Waals surface area contributed by atoms with Crippen molar-refractivity contribution in [1.29, 1.82) is 0 Å². The highest BCUT2D eigenvalue weighted by Crippen LogP contribution is 2.43. The number of alkyl halides is 18. The Labute approximate surface area is 237 Å². The van der Waals surface area contributed by atoms with Crippen LogP contribution in [0, 0.1) is 0 Å². The molecule has 1 heterocycles. The molecule has 0 fully saturated rings. The molecule has 3 aromatic rings. The van der Waals surface area contributed by atoms with Gasteiger partial charge in [-0.15, -0.1) is 17.3 Å². The first-order chi connectivity index (χ1) is 19.6. The van der Waals surface area contributed by atoms with Gasteiger partial charge in [-0.25, -0.2) is 0 Å². The van der Waals surface area contributed by atoms with E-state index in [1.807, 2.05) is 0 Å². The molecule has 0 saturated heterocycles. The van der Waals surface area contributed by atoms with Crippen molar-refractivity contribution in [3.05, 3.63) is 86.0 Å². The number of hydrogen-bond acceptors (Lipinski definition) is 1. The average Bonchev–Trinajstić information content (AvgIpc) is 3.33. The van der Waals surface area contributed by atoms with Gasteiger partial charge in [-0.3, -0.25) is 0 Å². The molecular formula is C24H9BF18S. The molecule has 0 nitrogen and oxygen atoms in total. The van der Waals surface area contributed by atoms with Gasteiger partial charge in [0.1, 0.15) is 0 Å². The summed E-state index contributed by atoms with van der Waals surface area (Å²) < 4.78 is 250. The van der Waals surface area contributed by atoms with E-state index in [4.69, 9.17) is 0 Å². The third-order valence-electron chi connectivity index (χ3n) is 5.85. The van der Waals surface area contributed by atoms with Gasteiger partial charge in [-0.2, -0.15) is 79.0 Å². The summed E-state index contributed by atoms with van der Waals surface area (Å²) in [6.45, 7) is -3.51. The molecule has 3 rings (SSSR count). The first-order valence-corrected chi connectivity index (χ1v) is 12.0. The van der Waals surface area contributed by atoms with Gasteiger partial charge in [-0.1, -0.05) is 12.1 Å². The van der Waals surface area contributed by atoms with E-state index in [9.17, 15) is 79.0 Å². The van der Waals surface area contributed by atoms with Gasteiger partial charge in [0.2, 0.25) is 6.71 Å². The molecule has 0 N–H and O–H groups in total. The summed E-state index contributed by atoms with van der Waals surface area (Å²) in [5.74, 6) is -0.0218. The highest BCUT2D eigenvalue weighted by atomic mass is 32.1. The summed E-state index contributed by atoms with van der Waals surface area (Å²) >= 11 is 0.633. The van der Waals surface area contributed by atoms with Crippen molar-refractivity contribution in [2.75, 3.05) is 0 Å². The summed E-state index contributed by atoms with van der Waals surface area (Å²) in [7, 11) is 0. The Bertz CT molecular complexity index is 1350. The molecule has 2 aromatic carbocycles. The van der Waals surface area contributed by atoms with Crippen LogP contribution in [0.15, 0.2) is 47.8 Å².